The van der Waals surface area contributed by atoms with E-state index in [1.165, 1.54) is 0 Å². The van der Waals surface area contributed by atoms with Gasteiger partial charge in [-0.3, -0.25) is 14.4 Å². The Balaban J connectivity index is 3.37. The van der Waals surface area contributed by atoms with Crippen LogP contribution in [0.1, 0.15) is 20.8 Å². The molecule has 1 heterocycles. The molecule has 0 saturated carbocycles. The molecule has 0 radical (unpaired) electrons. The molecule has 1 aliphatic rings. The topological polar surface area (TPSA) is 114 Å². The first-order valence-electron chi connectivity index (χ1n) is 6.63. The third-order valence-electron chi connectivity index (χ3n) is 2.89. The van der Waals surface area contributed by atoms with Crippen LogP contribution < -0.4 is 0 Å². The highest BCUT2D eigenvalue weighted by molar-refractivity contribution is 9.10. The van der Waals surface area contributed by atoms with E-state index in [0.29, 0.717) is 0 Å². The number of ether oxygens (including phenoxy) is 5. The van der Waals surface area contributed by atoms with Gasteiger partial charge in [0.15, 0.2) is 18.3 Å². The van der Waals surface area contributed by atoms with Gasteiger partial charge in [0, 0.05) is 20.8 Å². The van der Waals surface area contributed by atoms with Crippen LogP contribution in [0.5, 0.6) is 0 Å². The van der Waals surface area contributed by atoms with Crippen molar-refractivity contribution in [2.75, 3.05) is 7.11 Å². The summed E-state index contributed by atoms with van der Waals surface area (Å²) in [7, 11) is 0.992. The lowest BCUT2D eigenvalue weighted by molar-refractivity contribution is -0.278. The minimum Gasteiger partial charge on any atom is -0.466 e. The van der Waals surface area contributed by atoms with Crippen LogP contribution >= 0.6 is 15.9 Å². The maximum Gasteiger partial charge on any atom is 0.353 e. The monoisotopic (exact) mass is 414 g/mol. The van der Waals surface area contributed by atoms with Gasteiger partial charge in [0.1, 0.15) is 0 Å². The Hall–Kier alpha value is -1.75. The first-order chi connectivity index (χ1) is 11.0. The number of esters is 4. The van der Waals surface area contributed by atoms with Gasteiger partial charge < -0.3 is 23.7 Å². The number of hydrogen-bond acceptors (Lipinski definition) is 9. The van der Waals surface area contributed by atoms with Crippen LogP contribution in [-0.2, 0) is 42.9 Å². The highest BCUT2D eigenvalue weighted by Crippen LogP contribution is 2.41. The summed E-state index contributed by atoms with van der Waals surface area (Å²) >= 11 is 2.84. The van der Waals surface area contributed by atoms with Crippen molar-refractivity contribution in [2.45, 2.75) is 50.0 Å². The number of carbonyl (C=O) groups excluding carboxylic acids is 4. The number of carbonyl (C=O) groups is 4. The van der Waals surface area contributed by atoms with Crippen molar-refractivity contribution >= 4 is 39.8 Å². The maximum absolute atomic E-state index is 14.3. The summed E-state index contributed by atoms with van der Waals surface area (Å²) in [6, 6.07) is 0. The van der Waals surface area contributed by atoms with Gasteiger partial charge in [-0.05, 0) is 15.9 Å². The Kier molecular flexibility index (Phi) is 6.67. The zero-order chi connectivity index (χ0) is 18.7. The standard InChI is InChI=1S/C13H16BrFO9/c1-5(16)21-8-9(22-6(2)17)11(15)24-13(14,12(19)20-4)10(8)23-7(3)18/h8-11H,1-4H3/t8?,9-,10-,11+,13?/m0/s1. The Labute approximate surface area is 144 Å². The van der Waals surface area contributed by atoms with Crippen molar-refractivity contribution < 1.29 is 47.3 Å². The van der Waals surface area contributed by atoms with Crippen molar-refractivity contribution in [3.05, 3.63) is 0 Å². The van der Waals surface area contributed by atoms with Gasteiger partial charge in [0.05, 0.1) is 7.11 Å². The van der Waals surface area contributed by atoms with E-state index in [9.17, 15) is 23.6 Å². The molecule has 24 heavy (non-hydrogen) atoms. The van der Waals surface area contributed by atoms with Gasteiger partial charge in [-0.25, -0.2) is 9.18 Å². The van der Waals surface area contributed by atoms with Crippen molar-refractivity contribution in [1.29, 1.82) is 0 Å². The first kappa shape index (κ1) is 20.3. The SMILES string of the molecule is COC(=O)C1(Br)O[C@@H](F)[C@@H](OC(C)=O)C(OC(C)=O)[C@@H]1OC(C)=O. The van der Waals surface area contributed by atoms with E-state index in [-0.39, 0.29) is 0 Å². The van der Waals surface area contributed by atoms with Crippen LogP contribution in [0.15, 0.2) is 0 Å². The zero-order valence-corrected chi connectivity index (χ0v) is 14.8. The van der Waals surface area contributed by atoms with Gasteiger partial charge in [-0.15, -0.1) is 0 Å². The number of alkyl halides is 2. The summed E-state index contributed by atoms with van der Waals surface area (Å²) in [6.45, 7) is 3.01. The van der Waals surface area contributed by atoms with Crippen molar-refractivity contribution in [3.8, 4) is 0 Å². The molecule has 5 atom stereocenters. The Bertz CT molecular complexity index is 540. The predicted octanol–water partition coefficient (Wildman–Crippen LogP) is 0.371. The molecule has 2 unspecified atom stereocenters. The second-order valence-electron chi connectivity index (χ2n) is 4.78. The minimum atomic E-state index is -2.37. The fourth-order valence-corrected chi connectivity index (χ4v) is 2.78. The average molecular weight is 415 g/mol. The van der Waals surface area contributed by atoms with E-state index in [0.717, 1.165) is 27.9 Å². The van der Waals surface area contributed by atoms with Crippen molar-refractivity contribution in [3.63, 3.8) is 0 Å². The average Bonchev–Trinajstić information content (AvgIpc) is 2.45. The molecule has 0 aromatic heterocycles. The van der Waals surface area contributed by atoms with Crippen molar-refractivity contribution in [1.82, 2.24) is 0 Å². The molecule has 1 aliphatic heterocycles. The third kappa shape index (κ3) is 4.41. The molecule has 0 N–H and O–H groups in total. The maximum atomic E-state index is 14.3. The highest BCUT2D eigenvalue weighted by atomic mass is 79.9. The van der Waals surface area contributed by atoms with Gasteiger partial charge in [0.2, 0.25) is 6.36 Å². The van der Waals surface area contributed by atoms with E-state index >= 15 is 0 Å². The fourth-order valence-electron chi connectivity index (χ4n) is 2.09. The molecule has 1 rings (SSSR count). The molecule has 0 spiro atoms. The van der Waals surface area contributed by atoms with Gasteiger partial charge in [-0.1, -0.05) is 0 Å². The summed E-state index contributed by atoms with van der Waals surface area (Å²) < 4.78 is 36.1. The number of halogens is 2. The van der Waals surface area contributed by atoms with Crippen LogP contribution in [0.2, 0.25) is 0 Å². The molecule has 136 valence electrons. The molecule has 0 bridgehead atoms. The number of methoxy groups -OCH3 is 1. The lowest BCUT2D eigenvalue weighted by atomic mass is 9.98. The molecule has 1 fully saturated rings. The molecular formula is C13H16BrFO9. The summed E-state index contributed by atoms with van der Waals surface area (Å²) in [4.78, 5) is 45.9. The van der Waals surface area contributed by atoms with Crippen LogP contribution in [0.25, 0.3) is 0 Å². The van der Waals surface area contributed by atoms with Gasteiger partial charge in [0.25, 0.3) is 4.51 Å². The second-order valence-corrected chi connectivity index (χ2v) is 5.96. The molecular weight excluding hydrogens is 399 g/mol. The van der Waals surface area contributed by atoms with Crippen LogP contribution in [-0.4, -0.2) is 60.2 Å². The predicted molar refractivity (Wildman–Crippen MR) is 76.3 cm³/mol. The first-order valence-corrected chi connectivity index (χ1v) is 7.43. The quantitative estimate of drug-likeness (QED) is 0.365. The van der Waals surface area contributed by atoms with Crippen LogP contribution in [0.4, 0.5) is 4.39 Å². The second kappa shape index (κ2) is 7.88. The van der Waals surface area contributed by atoms with E-state index in [4.69, 9.17) is 18.9 Å². The van der Waals surface area contributed by atoms with Crippen LogP contribution in [0, 0.1) is 0 Å². The molecule has 11 heteroatoms. The summed E-state index contributed by atoms with van der Waals surface area (Å²) in [5.74, 6) is -3.81. The normalized spacial score (nSPS) is 32.4. The highest BCUT2D eigenvalue weighted by Gasteiger charge is 2.63. The Morgan fingerprint density at radius 3 is 1.83 bits per heavy atom. The number of hydrogen-bond donors (Lipinski definition) is 0. The molecule has 0 amide bonds. The zero-order valence-electron chi connectivity index (χ0n) is 13.2. The van der Waals surface area contributed by atoms with E-state index in [1.54, 1.807) is 0 Å². The molecule has 1 saturated heterocycles. The van der Waals surface area contributed by atoms with Crippen molar-refractivity contribution in [2.24, 2.45) is 0 Å². The lowest BCUT2D eigenvalue weighted by Gasteiger charge is -2.44. The molecule has 0 aromatic carbocycles. The summed E-state index contributed by atoms with van der Waals surface area (Å²) in [6.07, 6.45) is -7.46. The van der Waals surface area contributed by atoms with E-state index < -0.39 is 53.1 Å². The van der Waals surface area contributed by atoms with E-state index in [1.807, 2.05) is 0 Å². The summed E-state index contributed by atoms with van der Waals surface area (Å²) in [5, 5.41) is 0. The third-order valence-corrected chi connectivity index (χ3v) is 3.85. The smallest absolute Gasteiger partial charge is 0.353 e. The Morgan fingerprint density at radius 1 is 0.958 bits per heavy atom. The van der Waals surface area contributed by atoms with Gasteiger partial charge >= 0.3 is 23.9 Å². The van der Waals surface area contributed by atoms with Crippen LogP contribution in [0.3, 0.4) is 0 Å². The van der Waals surface area contributed by atoms with Gasteiger partial charge in [-0.2, -0.15) is 0 Å². The molecule has 0 aliphatic carbocycles. The molecule has 0 aromatic rings. The fraction of sp³-hybridized carbons (Fsp3) is 0.692. The molecule has 9 nitrogen and oxygen atoms in total. The largest absolute Gasteiger partial charge is 0.466 e. The lowest BCUT2D eigenvalue weighted by Crippen LogP contribution is -2.66. The Morgan fingerprint density at radius 2 is 1.42 bits per heavy atom. The summed E-state index contributed by atoms with van der Waals surface area (Å²) in [5.41, 5.74) is 0. The van der Waals surface area contributed by atoms with E-state index in [2.05, 4.69) is 20.7 Å². The minimum absolute atomic E-state index is 0.882. The number of rotatable bonds is 4.